The van der Waals surface area contributed by atoms with Crippen molar-refractivity contribution in [3.63, 3.8) is 0 Å². The Labute approximate surface area is 124 Å². The number of carbonyl (C=O) groups excluding carboxylic acids is 2. The van der Waals surface area contributed by atoms with Gasteiger partial charge in [0.05, 0.1) is 12.8 Å². The first-order chi connectivity index (χ1) is 9.84. The Morgan fingerprint density at radius 1 is 1.29 bits per heavy atom. The Hall–Kier alpha value is -2.08. The zero-order chi connectivity index (χ0) is 16.2. The highest BCUT2D eigenvalue weighted by Crippen LogP contribution is 2.32. The van der Waals surface area contributed by atoms with Crippen molar-refractivity contribution >= 4 is 17.6 Å². The molecular formula is C15H21NO5. The Kier molecular flexibility index (Phi) is 5.72. The number of anilines is 1. The third-order valence-corrected chi connectivity index (χ3v) is 3.31. The first kappa shape index (κ1) is 17.0. The smallest absolute Gasteiger partial charge is 0.328 e. The van der Waals surface area contributed by atoms with Gasteiger partial charge in [0.25, 0.3) is 5.91 Å². The van der Waals surface area contributed by atoms with E-state index in [2.05, 4.69) is 0 Å². The molecule has 0 bridgehead atoms. The molecule has 1 N–H and O–H groups in total. The standard InChI is InChI=1S/C15H21NO5/c1-9-6-7-12(17)10(2)14(9)16(13(18)8-20-4)11(3)15(19)21-5/h6-7,11,17H,8H2,1-5H3. The lowest BCUT2D eigenvalue weighted by molar-refractivity contribution is -0.143. The number of ether oxygens (including phenoxy) is 2. The minimum absolute atomic E-state index is 0.0582. The van der Waals surface area contributed by atoms with Crippen molar-refractivity contribution in [3.05, 3.63) is 23.3 Å². The minimum atomic E-state index is -0.822. The van der Waals surface area contributed by atoms with Crippen LogP contribution in [0.4, 0.5) is 5.69 Å². The van der Waals surface area contributed by atoms with Crippen LogP contribution in [-0.4, -0.2) is 43.9 Å². The highest BCUT2D eigenvalue weighted by molar-refractivity contribution is 6.01. The molecule has 0 aromatic heterocycles. The summed E-state index contributed by atoms with van der Waals surface area (Å²) in [7, 11) is 2.67. The molecule has 0 heterocycles. The van der Waals surface area contributed by atoms with Crippen molar-refractivity contribution in [1.29, 1.82) is 0 Å². The number of carbonyl (C=O) groups is 2. The van der Waals surface area contributed by atoms with Gasteiger partial charge in [-0.2, -0.15) is 0 Å². The summed E-state index contributed by atoms with van der Waals surface area (Å²) in [4.78, 5) is 25.5. The normalized spacial score (nSPS) is 11.9. The van der Waals surface area contributed by atoms with Gasteiger partial charge in [0, 0.05) is 12.7 Å². The van der Waals surface area contributed by atoms with E-state index in [4.69, 9.17) is 9.47 Å². The van der Waals surface area contributed by atoms with Crippen LogP contribution in [0.1, 0.15) is 18.1 Å². The summed E-state index contributed by atoms with van der Waals surface area (Å²) >= 11 is 0. The molecule has 1 unspecified atom stereocenters. The topological polar surface area (TPSA) is 76.1 Å². The first-order valence-electron chi connectivity index (χ1n) is 6.53. The van der Waals surface area contributed by atoms with Crippen molar-refractivity contribution in [2.45, 2.75) is 26.8 Å². The van der Waals surface area contributed by atoms with Crippen LogP contribution in [0, 0.1) is 13.8 Å². The van der Waals surface area contributed by atoms with Crippen molar-refractivity contribution in [2.75, 3.05) is 25.7 Å². The van der Waals surface area contributed by atoms with Crippen molar-refractivity contribution in [1.82, 2.24) is 0 Å². The third-order valence-electron chi connectivity index (χ3n) is 3.31. The number of nitrogens with zero attached hydrogens (tertiary/aromatic N) is 1. The molecule has 6 heteroatoms. The molecule has 1 rings (SSSR count). The van der Waals surface area contributed by atoms with E-state index in [0.717, 1.165) is 5.56 Å². The van der Waals surface area contributed by atoms with Gasteiger partial charge < -0.3 is 14.6 Å². The van der Waals surface area contributed by atoms with E-state index in [9.17, 15) is 14.7 Å². The van der Waals surface area contributed by atoms with Crippen molar-refractivity contribution in [3.8, 4) is 5.75 Å². The van der Waals surface area contributed by atoms with Crippen LogP contribution in [0.3, 0.4) is 0 Å². The molecule has 0 radical (unpaired) electrons. The molecule has 1 atom stereocenters. The zero-order valence-electron chi connectivity index (χ0n) is 13.0. The molecule has 0 fully saturated rings. The minimum Gasteiger partial charge on any atom is -0.508 e. The van der Waals surface area contributed by atoms with Crippen LogP contribution < -0.4 is 4.90 Å². The number of hydrogen-bond donors (Lipinski definition) is 1. The number of aromatic hydroxyl groups is 1. The number of rotatable bonds is 5. The summed E-state index contributed by atoms with van der Waals surface area (Å²) in [6.07, 6.45) is 0. The number of esters is 1. The number of hydrogen-bond acceptors (Lipinski definition) is 5. The first-order valence-corrected chi connectivity index (χ1v) is 6.53. The predicted octanol–water partition coefficient (Wildman–Crippen LogP) is 1.55. The van der Waals surface area contributed by atoms with Crippen LogP contribution in [0.15, 0.2) is 12.1 Å². The summed E-state index contributed by atoms with van der Waals surface area (Å²) in [5, 5.41) is 9.88. The van der Waals surface area contributed by atoms with E-state index in [1.165, 1.54) is 19.1 Å². The summed E-state index contributed by atoms with van der Waals surface area (Å²) in [5.74, 6) is -0.864. The number of phenolic OH excluding ortho intramolecular Hbond substituents is 1. The molecule has 21 heavy (non-hydrogen) atoms. The summed E-state index contributed by atoms with van der Waals surface area (Å²) in [6, 6.07) is 2.42. The summed E-state index contributed by atoms with van der Waals surface area (Å²) in [5.41, 5.74) is 1.79. The summed E-state index contributed by atoms with van der Waals surface area (Å²) in [6.45, 7) is 4.89. The van der Waals surface area contributed by atoms with Gasteiger partial charge in [-0.25, -0.2) is 4.79 Å². The fraction of sp³-hybridized carbons (Fsp3) is 0.467. The molecule has 116 valence electrons. The van der Waals surface area contributed by atoms with Gasteiger partial charge in [-0.1, -0.05) is 6.07 Å². The van der Waals surface area contributed by atoms with Crippen LogP contribution in [0.25, 0.3) is 0 Å². The maximum atomic E-state index is 12.3. The average Bonchev–Trinajstić information content (AvgIpc) is 2.46. The second kappa shape index (κ2) is 7.08. The van der Waals surface area contributed by atoms with E-state index in [1.807, 2.05) is 0 Å². The second-order valence-corrected chi connectivity index (χ2v) is 4.77. The van der Waals surface area contributed by atoms with Crippen molar-refractivity contribution in [2.24, 2.45) is 0 Å². The predicted molar refractivity (Wildman–Crippen MR) is 78.4 cm³/mol. The SMILES string of the molecule is COCC(=O)N(c1c(C)ccc(O)c1C)C(C)C(=O)OC. The lowest BCUT2D eigenvalue weighted by Crippen LogP contribution is -2.46. The van der Waals surface area contributed by atoms with Gasteiger partial charge in [0.2, 0.25) is 0 Å². The lowest BCUT2D eigenvalue weighted by atomic mass is 10.0. The molecule has 0 saturated heterocycles. The zero-order valence-corrected chi connectivity index (χ0v) is 13.0. The van der Waals surface area contributed by atoms with Gasteiger partial charge in [-0.15, -0.1) is 0 Å². The fourth-order valence-electron chi connectivity index (χ4n) is 2.20. The lowest BCUT2D eigenvalue weighted by Gasteiger charge is -2.30. The Morgan fingerprint density at radius 2 is 1.90 bits per heavy atom. The van der Waals surface area contributed by atoms with Crippen LogP contribution in [0.5, 0.6) is 5.75 Å². The maximum Gasteiger partial charge on any atom is 0.328 e. The van der Waals surface area contributed by atoms with E-state index >= 15 is 0 Å². The van der Waals surface area contributed by atoms with Crippen LogP contribution in [-0.2, 0) is 19.1 Å². The quantitative estimate of drug-likeness (QED) is 0.834. The molecule has 0 spiro atoms. The number of methoxy groups -OCH3 is 2. The number of amides is 1. The van der Waals surface area contributed by atoms with E-state index in [1.54, 1.807) is 32.9 Å². The van der Waals surface area contributed by atoms with E-state index < -0.39 is 12.0 Å². The fourth-order valence-corrected chi connectivity index (χ4v) is 2.20. The molecule has 0 aliphatic rings. The number of aryl methyl sites for hydroxylation is 1. The molecule has 1 aromatic rings. The molecule has 1 amide bonds. The molecule has 0 aliphatic carbocycles. The molecule has 0 saturated carbocycles. The van der Waals surface area contributed by atoms with Gasteiger partial charge in [0.15, 0.2) is 0 Å². The molecule has 6 nitrogen and oxygen atoms in total. The maximum absolute atomic E-state index is 12.3. The second-order valence-electron chi connectivity index (χ2n) is 4.77. The largest absolute Gasteiger partial charge is 0.508 e. The van der Waals surface area contributed by atoms with Gasteiger partial charge in [-0.3, -0.25) is 9.69 Å². The average molecular weight is 295 g/mol. The monoisotopic (exact) mass is 295 g/mol. The van der Waals surface area contributed by atoms with Crippen LogP contribution >= 0.6 is 0 Å². The van der Waals surface area contributed by atoms with Gasteiger partial charge in [0.1, 0.15) is 18.4 Å². The van der Waals surface area contributed by atoms with Crippen LogP contribution in [0.2, 0.25) is 0 Å². The number of phenols is 1. The Balaban J connectivity index is 3.41. The Morgan fingerprint density at radius 3 is 2.43 bits per heavy atom. The highest BCUT2D eigenvalue weighted by atomic mass is 16.5. The highest BCUT2D eigenvalue weighted by Gasteiger charge is 2.30. The molecular weight excluding hydrogens is 274 g/mol. The number of benzene rings is 1. The molecule has 0 aliphatic heterocycles. The van der Waals surface area contributed by atoms with E-state index in [0.29, 0.717) is 11.3 Å². The Bertz CT molecular complexity index is 541. The van der Waals surface area contributed by atoms with Gasteiger partial charge >= 0.3 is 5.97 Å². The van der Waals surface area contributed by atoms with E-state index in [-0.39, 0.29) is 18.3 Å². The van der Waals surface area contributed by atoms with Gasteiger partial charge in [-0.05, 0) is 32.4 Å². The molecule has 1 aromatic carbocycles. The van der Waals surface area contributed by atoms with Crippen molar-refractivity contribution < 1.29 is 24.2 Å². The third kappa shape index (κ3) is 3.52. The summed E-state index contributed by atoms with van der Waals surface area (Å²) < 4.78 is 9.59.